The Morgan fingerprint density at radius 2 is 2.41 bits per heavy atom. The Kier molecular flexibility index (Phi) is 6.12. The van der Waals surface area contributed by atoms with Gasteiger partial charge in [-0.1, -0.05) is 6.92 Å². The maximum absolute atomic E-state index is 11.6. The average molecular weight is 249 g/mol. The van der Waals surface area contributed by atoms with Gasteiger partial charge in [0.15, 0.2) is 0 Å². The van der Waals surface area contributed by atoms with Gasteiger partial charge in [0.2, 0.25) is 0 Å². The summed E-state index contributed by atoms with van der Waals surface area (Å²) in [5.74, 6) is 1.97. The Balaban J connectivity index is 2.34. The van der Waals surface area contributed by atoms with Crippen LogP contribution in [0.3, 0.4) is 0 Å². The lowest BCUT2D eigenvalue weighted by atomic mass is 10.2. The van der Waals surface area contributed by atoms with Gasteiger partial charge in [-0.05, 0) is 30.1 Å². The van der Waals surface area contributed by atoms with Crippen molar-refractivity contribution in [2.45, 2.75) is 13.3 Å². The Bertz CT molecular complexity index is 397. The summed E-state index contributed by atoms with van der Waals surface area (Å²) in [6.07, 6.45) is 2.36. The Hall–Kier alpha value is -1.54. The third-order valence-electron chi connectivity index (χ3n) is 2.08. The highest BCUT2D eigenvalue weighted by Gasteiger charge is 2.05. The normalized spacial score (nSPS) is 9.65. The van der Waals surface area contributed by atoms with E-state index in [1.807, 2.05) is 17.8 Å². The minimum absolute atomic E-state index is 0.184. The Morgan fingerprint density at radius 3 is 3.00 bits per heavy atom. The van der Waals surface area contributed by atoms with E-state index in [-0.39, 0.29) is 5.91 Å². The molecule has 0 bridgehead atoms. The summed E-state index contributed by atoms with van der Waals surface area (Å²) in [5, 5.41) is 11.4. The molecule has 0 aromatic carbocycles. The molecule has 1 aromatic rings. The Labute approximate surface area is 105 Å². The molecule has 0 radical (unpaired) electrons. The van der Waals surface area contributed by atoms with Crippen molar-refractivity contribution in [2.75, 3.05) is 18.1 Å². The van der Waals surface area contributed by atoms with Gasteiger partial charge in [0.25, 0.3) is 5.91 Å². The van der Waals surface area contributed by atoms with Crippen LogP contribution >= 0.6 is 11.8 Å². The first-order valence-electron chi connectivity index (χ1n) is 5.50. The Morgan fingerprint density at radius 1 is 1.59 bits per heavy atom. The average Bonchev–Trinajstić information content (AvgIpc) is 2.38. The highest BCUT2D eigenvalue weighted by atomic mass is 32.2. The molecule has 1 aromatic heterocycles. The molecule has 0 fully saturated rings. The standard InChI is InChI=1S/C12H15N3OS/c1-2-17-7-3-6-14-12(16)11-5-4-10(8-13)9-15-11/h4-5,9H,2-3,6-7H2,1H3,(H,14,16). The van der Waals surface area contributed by atoms with Gasteiger partial charge in [0.1, 0.15) is 11.8 Å². The monoisotopic (exact) mass is 249 g/mol. The second-order valence-electron chi connectivity index (χ2n) is 3.35. The molecular formula is C12H15N3OS. The summed E-state index contributed by atoms with van der Waals surface area (Å²) < 4.78 is 0. The minimum atomic E-state index is -0.184. The third kappa shape index (κ3) is 4.87. The van der Waals surface area contributed by atoms with Gasteiger partial charge in [0.05, 0.1) is 5.56 Å². The van der Waals surface area contributed by atoms with E-state index in [1.54, 1.807) is 12.1 Å². The van der Waals surface area contributed by atoms with Crippen LogP contribution in [-0.4, -0.2) is 28.9 Å². The fourth-order valence-corrected chi connectivity index (χ4v) is 1.84. The number of hydrogen-bond donors (Lipinski definition) is 1. The van der Waals surface area contributed by atoms with Crippen molar-refractivity contribution in [1.82, 2.24) is 10.3 Å². The molecule has 0 saturated carbocycles. The lowest BCUT2D eigenvalue weighted by Crippen LogP contribution is -2.25. The van der Waals surface area contributed by atoms with E-state index in [0.717, 1.165) is 17.9 Å². The van der Waals surface area contributed by atoms with E-state index < -0.39 is 0 Å². The van der Waals surface area contributed by atoms with Crippen molar-refractivity contribution in [3.05, 3.63) is 29.6 Å². The van der Waals surface area contributed by atoms with E-state index in [2.05, 4.69) is 17.2 Å². The fourth-order valence-electron chi connectivity index (χ4n) is 1.21. The number of pyridine rings is 1. The van der Waals surface area contributed by atoms with Crippen LogP contribution in [0.5, 0.6) is 0 Å². The van der Waals surface area contributed by atoms with Crippen molar-refractivity contribution in [2.24, 2.45) is 0 Å². The first-order chi connectivity index (χ1) is 8.27. The molecule has 90 valence electrons. The number of carbonyl (C=O) groups is 1. The molecule has 0 aliphatic rings. The number of carbonyl (C=O) groups excluding carboxylic acids is 1. The van der Waals surface area contributed by atoms with Crippen LogP contribution in [0, 0.1) is 11.3 Å². The molecule has 1 rings (SSSR count). The van der Waals surface area contributed by atoms with Crippen LogP contribution in [-0.2, 0) is 0 Å². The summed E-state index contributed by atoms with van der Waals surface area (Å²) >= 11 is 1.86. The number of nitriles is 1. The predicted molar refractivity (Wildman–Crippen MR) is 68.9 cm³/mol. The molecule has 0 spiro atoms. The highest BCUT2D eigenvalue weighted by molar-refractivity contribution is 7.99. The van der Waals surface area contributed by atoms with Crippen molar-refractivity contribution in [3.63, 3.8) is 0 Å². The van der Waals surface area contributed by atoms with Gasteiger partial charge in [-0.15, -0.1) is 0 Å². The molecule has 4 nitrogen and oxygen atoms in total. The quantitative estimate of drug-likeness (QED) is 0.781. The molecule has 1 heterocycles. The number of thioether (sulfide) groups is 1. The van der Waals surface area contributed by atoms with Gasteiger partial charge < -0.3 is 5.32 Å². The van der Waals surface area contributed by atoms with Crippen LogP contribution in [0.15, 0.2) is 18.3 Å². The van der Waals surface area contributed by atoms with Gasteiger partial charge in [-0.3, -0.25) is 4.79 Å². The molecule has 1 N–H and O–H groups in total. The van der Waals surface area contributed by atoms with Gasteiger partial charge in [-0.25, -0.2) is 4.98 Å². The molecule has 0 aliphatic carbocycles. The first kappa shape index (κ1) is 13.5. The molecule has 0 atom stereocenters. The van der Waals surface area contributed by atoms with E-state index in [1.165, 1.54) is 6.20 Å². The minimum Gasteiger partial charge on any atom is -0.351 e. The molecule has 0 saturated heterocycles. The topological polar surface area (TPSA) is 65.8 Å². The molecule has 5 heteroatoms. The number of aromatic nitrogens is 1. The van der Waals surface area contributed by atoms with Crippen molar-refractivity contribution >= 4 is 17.7 Å². The number of nitrogens with zero attached hydrogens (tertiary/aromatic N) is 2. The highest BCUT2D eigenvalue weighted by Crippen LogP contribution is 2.01. The molecule has 17 heavy (non-hydrogen) atoms. The summed E-state index contributed by atoms with van der Waals surface area (Å²) in [4.78, 5) is 15.5. The van der Waals surface area contributed by atoms with Crippen molar-refractivity contribution < 1.29 is 4.79 Å². The van der Waals surface area contributed by atoms with Crippen LogP contribution in [0.2, 0.25) is 0 Å². The maximum atomic E-state index is 11.6. The van der Waals surface area contributed by atoms with Crippen molar-refractivity contribution in [3.8, 4) is 6.07 Å². The lowest BCUT2D eigenvalue weighted by Gasteiger charge is -2.04. The second-order valence-corrected chi connectivity index (χ2v) is 4.74. The van der Waals surface area contributed by atoms with E-state index in [9.17, 15) is 4.79 Å². The third-order valence-corrected chi connectivity index (χ3v) is 3.07. The fraction of sp³-hybridized carbons (Fsp3) is 0.417. The zero-order chi connectivity index (χ0) is 12.5. The lowest BCUT2D eigenvalue weighted by molar-refractivity contribution is 0.0949. The summed E-state index contributed by atoms with van der Waals surface area (Å²) in [7, 11) is 0. The van der Waals surface area contributed by atoms with Gasteiger partial charge in [-0.2, -0.15) is 17.0 Å². The molecule has 0 unspecified atom stereocenters. The summed E-state index contributed by atoms with van der Waals surface area (Å²) in [6, 6.07) is 5.12. The number of nitrogens with one attached hydrogen (secondary N) is 1. The number of amides is 1. The largest absolute Gasteiger partial charge is 0.351 e. The van der Waals surface area contributed by atoms with Crippen LogP contribution in [0.1, 0.15) is 29.4 Å². The maximum Gasteiger partial charge on any atom is 0.269 e. The zero-order valence-corrected chi connectivity index (χ0v) is 10.6. The molecular weight excluding hydrogens is 234 g/mol. The van der Waals surface area contributed by atoms with Crippen LogP contribution < -0.4 is 5.32 Å². The SMILES string of the molecule is CCSCCCNC(=O)c1ccc(C#N)cn1. The summed E-state index contributed by atoms with van der Waals surface area (Å²) in [5.41, 5.74) is 0.813. The number of rotatable bonds is 6. The van der Waals surface area contributed by atoms with Crippen molar-refractivity contribution in [1.29, 1.82) is 5.26 Å². The van der Waals surface area contributed by atoms with E-state index >= 15 is 0 Å². The molecule has 1 amide bonds. The first-order valence-corrected chi connectivity index (χ1v) is 6.65. The zero-order valence-electron chi connectivity index (χ0n) is 9.77. The smallest absolute Gasteiger partial charge is 0.269 e. The van der Waals surface area contributed by atoms with Crippen LogP contribution in [0.4, 0.5) is 0 Å². The van der Waals surface area contributed by atoms with E-state index in [4.69, 9.17) is 5.26 Å². The van der Waals surface area contributed by atoms with Crippen LogP contribution in [0.25, 0.3) is 0 Å². The predicted octanol–water partition coefficient (Wildman–Crippen LogP) is 1.83. The summed E-state index contributed by atoms with van der Waals surface area (Å²) in [6.45, 7) is 2.78. The van der Waals surface area contributed by atoms with Gasteiger partial charge in [0, 0.05) is 12.7 Å². The number of hydrogen-bond acceptors (Lipinski definition) is 4. The second kappa shape index (κ2) is 7.69. The van der Waals surface area contributed by atoms with Gasteiger partial charge >= 0.3 is 0 Å². The van der Waals surface area contributed by atoms with E-state index in [0.29, 0.717) is 17.8 Å². The molecule has 0 aliphatic heterocycles.